The summed E-state index contributed by atoms with van der Waals surface area (Å²) in [7, 11) is 0. The highest BCUT2D eigenvalue weighted by atomic mass is 32.2. The van der Waals surface area contributed by atoms with Crippen molar-refractivity contribution < 1.29 is 4.52 Å². The van der Waals surface area contributed by atoms with Crippen molar-refractivity contribution in [1.29, 1.82) is 0 Å². The molecular weight excluding hydrogens is 282 g/mol. The van der Waals surface area contributed by atoms with Gasteiger partial charge in [0.1, 0.15) is 0 Å². The van der Waals surface area contributed by atoms with E-state index in [9.17, 15) is 0 Å². The first kappa shape index (κ1) is 16.0. The summed E-state index contributed by atoms with van der Waals surface area (Å²) >= 11 is 1.74. The third-order valence-corrected chi connectivity index (χ3v) is 4.20. The van der Waals surface area contributed by atoms with Crippen LogP contribution in [0.5, 0.6) is 0 Å². The Morgan fingerprint density at radius 3 is 2.95 bits per heavy atom. The number of thioether (sulfide) groups is 1. The number of benzene rings is 1. The van der Waals surface area contributed by atoms with Crippen molar-refractivity contribution in [1.82, 2.24) is 15.5 Å². The van der Waals surface area contributed by atoms with Gasteiger partial charge in [-0.25, -0.2) is 0 Å². The summed E-state index contributed by atoms with van der Waals surface area (Å²) in [6.07, 6.45) is 1.88. The molecule has 0 aliphatic heterocycles. The van der Waals surface area contributed by atoms with Crippen molar-refractivity contribution in [2.45, 2.75) is 50.3 Å². The highest BCUT2D eigenvalue weighted by Crippen LogP contribution is 2.24. The minimum atomic E-state index is 0.372. The summed E-state index contributed by atoms with van der Waals surface area (Å²) in [5, 5.41) is 7.45. The Morgan fingerprint density at radius 1 is 1.33 bits per heavy atom. The van der Waals surface area contributed by atoms with Crippen LogP contribution in [0.15, 0.2) is 33.7 Å². The van der Waals surface area contributed by atoms with Gasteiger partial charge in [-0.05, 0) is 37.6 Å². The number of hydrogen-bond acceptors (Lipinski definition) is 5. The minimum absolute atomic E-state index is 0.372. The van der Waals surface area contributed by atoms with Crippen LogP contribution in [0.1, 0.15) is 50.5 Å². The Bertz CT molecular complexity index is 556. The monoisotopic (exact) mass is 305 g/mol. The molecule has 1 N–H and O–H groups in total. The van der Waals surface area contributed by atoms with Gasteiger partial charge >= 0.3 is 0 Å². The lowest BCUT2D eigenvalue weighted by Crippen LogP contribution is -2.17. The van der Waals surface area contributed by atoms with E-state index in [0.29, 0.717) is 6.04 Å². The molecule has 0 aliphatic rings. The maximum absolute atomic E-state index is 5.20. The molecule has 1 unspecified atom stereocenters. The molecule has 0 spiro atoms. The summed E-state index contributed by atoms with van der Waals surface area (Å²) < 4.78 is 5.20. The normalized spacial score (nSPS) is 12.5. The zero-order chi connectivity index (χ0) is 15.1. The van der Waals surface area contributed by atoms with E-state index in [1.807, 2.05) is 0 Å². The summed E-state index contributed by atoms with van der Waals surface area (Å²) in [6.45, 7) is 7.39. The van der Waals surface area contributed by atoms with E-state index in [1.54, 1.807) is 11.8 Å². The fourth-order valence-corrected chi connectivity index (χ4v) is 2.92. The smallest absolute Gasteiger partial charge is 0.226 e. The van der Waals surface area contributed by atoms with Crippen LogP contribution in [0, 0.1) is 0 Å². The van der Waals surface area contributed by atoms with Crippen molar-refractivity contribution in [2.75, 3.05) is 6.54 Å². The van der Waals surface area contributed by atoms with Gasteiger partial charge in [-0.1, -0.05) is 31.1 Å². The molecule has 2 rings (SSSR count). The Balaban J connectivity index is 1.94. The number of hydrogen-bond donors (Lipinski definition) is 1. The molecule has 114 valence electrons. The number of aryl methyl sites for hydroxylation is 1. The van der Waals surface area contributed by atoms with E-state index >= 15 is 0 Å². The van der Waals surface area contributed by atoms with Crippen LogP contribution in [0.4, 0.5) is 0 Å². The fraction of sp³-hybridized carbons (Fsp3) is 0.500. The lowest BCUT2D eigenvalue weighted by molar-refractivity contribution is 0.373. The molecule has 2 aromatic rings. The summed E-state index contributed by atoms with van der Waals surface area (Å²) in [4.78, 5) is 5.63. The molecule has 21 heavy (non-hydrogen) atoms. The van der Waals surface area contributed by atoms with Gasteiger partial charge in [0.25, 0.3) is 0 Å². The largest absolute Gasteiger partial charge is 0.339 e. The van der Waals surface area contributed by atoms with Gasteiger partial charge in [-0.3, -0.25) is 0 Å². The minimum Gasteiger partial charge on any atom is -0.339 e. The van der Waals surface area contributed by atoms with Crippen molar-refractivity contribution in [3.8, 4) is 0 Å². The second-order valence-electron chi connectivity index (χ2n) is 4.99. The Kier molecular flexibility index (Phi) is 6.26. The van der Waals surface area contributed by atoms with Gasteiger partial charge in [0.15, 0.2) is 5.82 Å². The lowest BCUT2D eigenvalue weighted by atomic mass is 10.1. The third-order valence-electron chi connectivity index (χ3n) is 3.21. The number of rotatable bonds is 8. The van der Waals surface area contributed by atoms with E-state index in [-0.39, 0.29) is 0 Å². The first-order chi connectivity index (χ1) is 10.2. The van der Waals surface area contributed by atoms with E-state index < -0.39 is 0 Å². The van der Waals surface area contributed by atoms with E-state index in [1.165, 1.54) is 10.5 Å². The van der Waals surface area contributed by atoms with Crippen molar-refractivity contribution in [2.24, 2.45) is 0 Å². The topological polar surface area (TPSA) is 51.0 Å². The number of nitrogens with zero attached hydrogens (tertiary/aromatic N) is 2. The zero-order valence-corrected chi connectivity index (χ0v) is 13.7. The zero-order valence-electron chi connectivity index (χ0n) is 12.9. The molecule has 4 nitrogen and oxygen atoms in total. The van der Waals surface area contributed by atoms with Gasteiger partial charge in [0.2, 0.25) is 5.89 Å². The van der Waals surface area contributed by atoms with Crippen molar-refractivity contribution >= 4 is 11.8 Å². The Morgan fingerprint density at radius 2 is 2.19 bits per heavy atom. The average Bonchev–Trinajstić information content (AvgIpc) is 2.94. The number of nitrogens with one attached hydrogen (secondary N) is 1. The third kappa shape index (κ3) is 4.86. The predicted molar refractivity (Wildman–Crippen MR) is 86.4 cm³/mol. The molecule has 1 atom stereocenters. The van der Waals surface area contributed by atoms with Gasteiger partial charge in [-0.15, -0.1) is 11.8 Å². The highest BCUT2D eigenvalue weighted by molar-refractivity contribution is 7.98. The van der Waals surface area contributed by atoms with Crippen LogP contribution in [0.3, 0.4) is 0 Å². The van der Waals surface area contributed by atoms with Gasteiger partial charge in [0.05, 0.1) is 5.75 Å². The van der Waals surface area contributed by atoms with Crippen molar-refractivity contribution in [3.63, 3.8) is 0 Å². The fourth-order valence-electron chi connectivity index (χ4n) is 2.11. The SMILES string of the molecule is CCCc1nc(CSc2cccc(C(C)NCC)c2)no1. The molecule has 1 aromatic heterocycles. The summed E-state index contributed by atoms with van der Waals surface area (Å²) in [6, 6.07) is 8.98. The Labute approximate surface area is 130 Å². The van der Waals surface area contributed by atoms with Gasteiger partial charge < -0.3 is 9.84 Å². The van der Waals surface area contributed by atoms with E-state index in [0.717, 1.165) is 36.9 Å². The highest BCUT2D eigenvalue weighted by Gasteiger charge is 2.08. The second kappa shape index (κ2) is 8.20. The molecule has 0 aliphatic carbocycles. The van der Waals surface area contributed by atoms with Crippen LogP contribution < -0.4 is 5.32 Å². The Hall–Kier alpha value is -1.33. The molecule has 1 heterocycles. The van der Waals surface area contributed by atoms with E-state index in [4.69, 9.17) is 4.52 Å². The van der Waals surface area contributed by atoms with E-state index in [2.05, 4.69) is 60.5 Å². The average molecular weight is 305 g/mol. The van der Waals surface area contributed by atoms with Crippen LogP contribution >= 0.6 is 11.8 Å². The molecule has 5 heteroatoms. The maximum Gasteiger partial charge on any atom is 0.226 e. The van der Waals surface area contributed by atoms with Crippen LogP contribution in [-0.4, -0.2) is 16.7 Å². The molecule has 0 amide bonds. The molecule has 1 aromatic carbocycles. The van der Waals surface area contributed by atoms with Crippen LogP contribution in [0.25, 0.3) is 0 Å². The number of aromatic nitrogens is 2. The van der Waals surface area contributed by atoms with Crippen LogP contribution in [-0.2, 0) is 12.2 Å². The van der Waals surface area contributed by atoms with Gasteiger partial charge in [-0.2, -0.15) is 4.98 Å². The standard InChI is InChI=1S/C16H23N3OS/c1-4-7-16-18-15(19-20-16)11-21-14-9-6-8-13(10-14)12(3)17-5-2/h6,8-10,12,17H,4-5,7,11H2,1-3H3. The molecule has 0 fully saturated rings. The first-order valence-corrected chi connectivity index (χ1v) is 8.49. The first-order valence-electron chi connectivity index (χ1n) is 7.50. The quantitative estimate of drug-likeness (QED) is 0.747. The van der Waals surface area contributed by atoms with Crippen molar-refractivity contribution in [3.05, 3.63) is 41.5 Å². The lowest BCUT2D eigenvalue weighted by Gasteiger charge is -2.13. The molecule has 0 bridgehead atoms. The molecule has 0 saturated carbocycles. The molecular formula is C16H23N3OS. The summed E-state index contributed by atoms with van der Waals surface area (Å²) in [5.41, 5.74) is 1.31. The van der Waals surface area contributed by atoms with Gasteiger partial charge in [0, 0.05) is 17.4 Å². The molecule has 0 saturated heterocycles. The van der Waals surface area contributed by atoms with Crippen LogP contribution in [0.2, 0.25) is 0 Å². The predicted octanol–water partition coefficient (Wildman–Crippen LogP) is 3.98. The second-order valence-corrected chi connectivity index (χ2v) is 6.04. The summed E-state index contributed by atoms with van der Waals surface area (Å²) in [5.74, 6) is 2.25. The maximum atomic E-state index is 5.20. The molecule has 0 radical (unpaired) electrons.